The van der Waals surface area contributed by atoms with Crippen LogP contribution in [0.2, 0.25) is 0 Å². The number of carbonyl (C=O) groups excluding carboxylic acids is 1. The highest BCUT2D eigenvalue weighted by Gasteiger charge is 2.35. The van der Waals surface area contributed by atoms with Crippen molar-refractivity contribution in [2.75, 3.05) is 13.7 Å². The van der Waals surface area contributed by atoms with Gasteiger partial charge >= 0.3 is 0 Å². The Morgan fingerprint density at radius 1 is 1.60 bits per heavy atom. The molecule has 2 rings (SSSR count). The Hall–Kier alpha value is -0.980. The molecule has 1 saturated carbocycles. The minimum absolute atomic E-state index is 0.170. The minimum Gasteiger partial charge on any atom is -0.383 e. The van der Waals surface area contributed by atoms with Crippen LogP contribution in [0.1, 0.15) is 18.4 Å². The topological polar surface area (TPSA) is 55.6 Å². The first-order valence-electron chi connectivity index (χ1n) is 6.52. The molecule has 0 bridgehead atoms. The molecule has 0 heterocycles. The Morgan fingerprint density at radius 2 is 2.30 bits per heavy atom. The molecule has 2 N–H and O–H groups in total. The fraction of sp³-hybridized carbons (Fsp3) is 0.500. The first-order chi connectivity index (χ1) is 9.52. The highest BCUT2D eigenvalue weighted by molar-refractivity contribution is 9.10. The number of methoxy groups -OCH3 is 1. The lowest BCUT2D eigenvalue weighted by molar-refractivity contribution is -0.135. The summed E-state index contributed by atoms with van der Waals surface area (Å²) < 4.78 is 19.5. The smallest absolute Gasteiger partial charge is 0.242 e. The molecule has 0 radical (unpaired) electrons. The van der Waals surface area contributed by atoms with E-state index in [1.165, 1.54) is 13.2 Å². The van der Waals surface area contributed by atoms with Crippen LogP contribution in [0.5, 0.6) is 0 Å². The van der Waals surface area contributed by atoms with Crippen LogP contribution in [-0.2, 0) is 16.1 Å². The maximum absolute atomic E-state index is 13.8. The summed E-state index contributed by atoms with van der Waals surface area (Å²) in [5.41, 5.74) is 6.29. The Labute approximate surface area is 126 Å². The molecule has 1 aliphatic carbocycles. The van der Waals surface area contributed by atoms with E-state index in [1.807, 2.05) is 0 Å². The van der Waals surface area contributed by atoms with Crippen molar-refractivity contribution in [2.24, 2.45) is 5.73 Å². The maximum atomic E-state index is 13.8. The number of benzene rings is 1. The van der Waals surface area contributed by atoms with Gasteiger partial charge in [-0.15, -0.1) is 0 Å². The van der Waals surface area contributed by atoms with Crippen molar-refractivity contribution < 1.29 is 13.9 Å². The Kier molecular flexibility index (Phi) is 5.12. The van der Waals surface area contributed by atoms with Crippen LogP contribution in [0, 0.1) is 5.82 Å². The van der Waals surface area contributed by atoms with Crippen LogP contribution in [0.3, 0.4) is 0 Å². The van der Waals surface area contributed by atoms with Crippen LogP contribution < -0.4 is 5.73 Å². The van der Waals surface area contributed by atoms with Crippen molar-refractivity contribution in [3.63, 3.8) is 0 Å². The van der Waals surface area contributed by atoms with Gasteiger partial charge in [0.15, 0.2) is 0 Å². The van der Waals surface area contributed by atoms with Crippen LogP contribution in [-0.4, -0.2) is 36.6 Å². The lowest BCUT2D eigenvalue weighted by Crippen LogP contribution is -2.46. The zero-order chi connectivity index (χ0) is 14.7. The van der Waals surface area contributed by atoms with Gasteiger partial charge in [-0.25, -0.2) is 4.39 Å². The van der Waals surface area contributed by atoms with E-state index in [4.69, 9.17) is 10.5 Å². The van der Waals surface area contributed by atoms with Crippen molar-refractivity contribution in [3.8, 4) is 0 Å². The van der Waals surface area contributed by atoms with Gasteiger partial charge in [-0.05, 0) is 31.0 Å². The van der Waals surface area contributed by atoms with Gasteiger partial charge in [0, 0.05) is 29.7 Å². The van der Waals surface area contributed by atoms with E-state index < -0.39 is 6.04 Å². The van der Waals surface area contributed by atoms with E-state index >= 15 is 0 Å². The van der Waals surface area contributed by atoms with E-state index in [-0.39, 0.29) is 30.9 Å². The highest BCUT2D eigenvalue weighted by atomic mass is 79.9. The van der Waals surface area contributed by atoms with Crippen molar-refractivity contribution >= 4 is 21.8 Å². The third-order valence-electron chi connectivity index (χ3n) is 3.28. The van der Waals surface area contributed by atoms with Gasteiger partial charge in [0.05, 0.1) is 6.61 Å². The van der Waals surface area contributed by atoms with Crippen LogP contribution >= 0.6 is 15.9 Å². The molecule has 1 aromatic carbocycles. The van der Waals surface area contributed by atoms with Crippen LogP contribution in [0.15, 0.2) is 22.7 Å². The number of hydrogen-bond donors (Lipinski definition) is 1. The van der Waals surface area contributed by atoms with Gasteiger partial charge in [0.2, 0.25) is 5.91 Å². The number of halogens is 2. The molecule has 110 valence electrons. The molecule has 1 aliphatic rings. The molecule has 6 heteroatoms. The predicted octanol–water partition coefficient (Wildman–Crippen LogP) is 2.05. The molecular formula is C14H18BrFN2O2. The summed E-state index contributed by atoms with van der Waals surface area (Å²) in [6, 6.07) is 4.20. The monoisotopic (exact) mass is 344 g/mol. The standard InChI is InChI=1S/C14H18BrFN2O2/c1-20-8-13(17)14(19)18(11-3-4-11)7-9-6-10(15)2-5-12(9)16/h2,5-6,11,13H,3-4,7-8,17H2,1H3. The average Bonchev–Trinajstić information content (AvgIpc) is 3.23. The second-order valence-electron chi connectivity index (χ2n) is 4.99. The van der Waals surface area contributed by atoms with Gasteiger partial charge in [0.25, 0.3) is 0 Å². The van der Waals surface area contributed by atoms with Crippen molar-refractivity contribution in [2.45, 2.75) is 31.5 Å². The van der Waals surface area contributed by atoms with Gasteiger partial charge in [0.1, 0.15) is 11.9 Å². The lowest BCUT2D eigenvalue weighted by Gasteiger charge is -2.25. The van der Waals surface area contributed by atoms with E-state index in [9.17, 15) is 9.18 Å². The number of rotatable bonds is 6. The number of hydrogen-bond acceptors (Lipinski definition) is 3. The molecule has 1 aromatic rings. The molecule has 0 aromatic heterocycles. The van der Waals surface area contributed by atoms with Crippen LogP contribution in [0.4, 0.5) is 4.39 Å². The van der Waals surface area contributed by atoms with Crippen LogP contribution in [0.25, 0.3) is 0 Å². The molecule has 1 amide bonds. The Morgan fingerprint density at radius 3 is 2.90 bits per heavy atom. The number of ether oxygens (including phenoxy) is 1. The summed E-state index contributed by atoms with van der Waals surface area (Å²) in [4.78, 5) is 14.0. The molecule has 1 unspecified atom stereocenters. The van der Waals surface area contributed by atoms with E-state index in [1.54, 1.807) is 17.0 Å². The largest absolute Gasteiger partial charge is 0.383 e. The Balaban J connectivity index is 2.13. The molecule has 0 spiro atoms. The normalized spacial score (nSPS) is 16.0. The summed E-state index contributed by atoms with van der Waals surface area (Å²) in [5, 5.41) is 0. The molecule has 1 fully saturated rings. The molecule has 0 aliphatic heterocycles. The number of carbonyl (C=O) groups is 1. The first-order valence-corrected chi connectivity index (χ1v) is 7.31. The van der Waals surface area contributed by atoms with E-state index in [0.717, 1.165) is 17.3 Å². The van der Waals surface area contributed by atoms with Gasteiger partial charge in [-0.2, -0.15) is 0 Å². The first kappa shape index (κ1) is 15.4. The third kappa shape index (κ3) is 3.77. The van der Waals surface area contributed by atoms with E-state index in [2.05, 4.69) is 15.9 Å². The van der Waals surface area contributed by atoms with E-state index in [0.29, 0.717) is 5.56 Å². The average molecular weight is 345 g/mol. The molecule has 20 heavy (non-hydrogen) atoms. The number of amides is 1. The fourth-order valence-corrected chi connectivity index (χ4v) is 2.49. The molecular weight excluding hydrogens is 327 g/mol. The van der Waals surface area contributed by atoms with Gasteiger partial charge < -0.3 is 15.4 Å². The lowest BCUT2D eigenvalue weighted by atomic mass is 10.1. The second-order valence-corrected chi connectivity index (χ2v) is 5.91. The zero-order valence-corrected chi connectivity index (χ0v) is 12.9. The summed E-state index contributed by atoms with van der Waals surface area (Å²) in [5.74, 6) is -0.499. The molecule has 0 saturated heterocycles. The maximum Gasteiger partial charge on any atom is 0.242 e. The highest BCUT2D eigenvalue weighted by Crippen LogP contribution is 2.30. The van der Waals surface area contributed by atoms with Gasteiger partial charge in [-0.1, -0.05) is 15.9 Å². The predicted molar refractivity (Wildman–Crippen MR) is 77.5 cm³/mol. The van der Waals surface area contributed by atoms with Crippen molar-refractivity contribution in [1.29, 1.82) is 0 Å². The number of nitrogens with zero attached hydrogens (tertiary/aromatic N) is 1. The zero-order valence-electron chi connectivity index (χ0n) is 11.3. The minimum atomic E-state index is -0.698. The summed E-state index contributed by atoms with van der Waals surface area (Å²) >= 11 is 3.31. The number of nitrogens with two attached hydrogens (primary N) is 1. The summed E-state index contributed by atoms with van der Waals surface area (Å²) in [6.07, 6.45) is 1.89. The molecule has 1 atom stereocenters. The Bertz CT molecular complexity index is 494. The van der Waals surface area contributed by atoms with Crippen molar-refractivity contribution in [1.82, 2.24) is 4.90 Å². The quantitative estimate of drug-likeness (QED) is 0.859. The fourth-order valence-electron chi connectivity index (χ4n) is 2.09. The summed E-state index contributed by atoms with van der Waals surface area (Å²) in [7, 11) is 1.50. The molecule has 4 nitrogen and oxygen atoms in total. The SMILES string of the molecule is COCC(N)C(=O)N(Cc1cc(Br)ccc1F)C1CC1. The van der Waals surface area contributed by atoms with Crippen molar-refractivity contribution in [3.05, 3.63) is 34.1 Å². The van der Waals surface area contributed by atoms with Gasteiger partial charge in [-0.3, -0.25) is 4.79 Å². The summed E-state index contributed by atoms with van der Waals surface area (Å²) in [6.45, 7) is 0.412. The second kappa shape index (κ2) is 6.65. The third-order valence-corrected chi connectivity index (χ3v) is 3.78.